The van der Waals surface area contributed by atoms with Crippen molar-refractivity contribution in [2.75, 3.05) is 18.0 Å². The summed E-state index contributed by atoms with van der Waals surface area (Å²) in [5.41, 5.74) is 5.21. The van der Waals surface area contributed by atoms with Gasteiger partial charge in [-0.05, 0) is 32.0 Å². The maximum absolute atomic E-state index is 12.7. The van der Waals surface area contributed by atoms with Gasteiger partial charge in [-0.3, -0.25) is 0 Å². The summed E-state index contributed by atoms with van der Waals surface area (Å²) in [6, 6.07) is 3.22. The number of hydrogen-bond acceptors (Lipinski definition) is 3. The van der Waals surface area contributed by atoms with E-state index in [0.29, 0.717) is 18.8 Å². The van der Waals surface area contributed by atoms with Gasteiger partial charge in [0.1, 0.15) is 0 Å². The zero-order valence-electron chi connectivity index (χ0n) is 10.7. The fraction of sp³-hybridized carbons (Fsp3) is 0.417. The van der Waals surface area contributed by atoms with Crippen molar-refractivity contribution in [1.82, 2.24) is 0 Å². The van der Waals surface area contributed by atoms with Gasteiger partial charge in [0.15, 0.2) is 5.84 Å². The lowest BCUT2D eigenvalue weighted by molar-refractivity contribution is -0.137. The molecule has 7 heteroatoms. The van der Waals surface area contributed by atoms with Crippen LogP contribution in [0.1, 0.15) is 25.0 Å². The number of oxime groups is 1. The van der Waals surface area contributed by atoms with Crippen LogP contribution in [-0.4, -0.2) is 24.1 Å². The Morgan fingerprint density at radius 2 is 1.89 bits per heavy atom. The molecule has 1 rings (SSSR count). The third-order valence-corrected chi connectivity index (χ3v) is 2.81. The van der Waals surface area contributed by atoms with Gasteiger partial charge in [-0.2, -0.15) is 13.2 Å². The molecule has 0 aliphatic heterocycles. The normalized spacial score (nSPS) is 12.6. The summed E-state index contributed by atoms with van der Waals surface area (Å²) in [5.74, 6) is -0.340. The fourth-order valence-corrected chi connectivity index (χ4v) is 1.81. The van der Waals surface area contributed by atoms with Gasteiger partial charge in [0, 0.05) is 24.3 Å². The first-order chi connectivity index (χ1) is 8.85. The average molecular weight is 275 g/mol. The van der Waals surface area contributed by atoms with Crippen LogP contribution >= 0.6 is 0 Å². The van der Waals surface area contributed by atoms with E-state index in [4.69, 9.17) is 10.9 Å². The molecule has 0 amide bonds. The number of amidine groups is 1. The Hall–Kier alpha value is -1.92. The smallest absolute Gasteiger partial charge is 0.409 e. The molecule has 0 aromatic heterocycles. The van der Waals surface area contributed by atoms with Crippen LogP contribution in [0.15, 0.2) is 23.4 Å². The molecule has 4 nitrogen and oxygen atoms in total. The molecule has 0 atom stereocenters. The number of anilines is 1. The number of nitrogens with zero attached hydrogens (tertiary/aromatic N) is 2. The SMILES string of the molecule is CCN(CC)c1ccc(C(F)(F)F)cc1/C(N)=N/O. The van der Waals surface area contributed by atoms with E-state index >= 15 is 0 Å². The zero-order valence-corrected chi connectivity index (χ0v) is 10.7. The van der Waals surface area contributed by atoms with E-state index in [-0.39, 0.29) is 11.4 Å². The molecule has 0 saturated heterocycles. The van der Waals surface area contributed by atoms with Crippen molar-refractivity contribution in [2.45, 2.75) is 20.0 Å². The summed E-state index contributed by atoms with van der Waals surface area (Å²) < 4.78 is 38.0. The monoisotopic (exact) mass is 275 g/mol. The summed E-state index contributed by atoms with van der Waals surface area (Å²) in [4.78, 5) is 1.83. The van der Waals surface area contributed by atoms with Crippen LogP contribution in [0.2, 0.25) is 0 Å². The predicted molar refractivity (Wildman–Crippen MR) is 67.5 cm³/mol. The van der Waals surface area contributed by atoms with Crippen LogP contribution in [0.3, 0.4) is 0 Å². The van der Waals surface area contributed by atoms with E-state index in [1.165, 1.54) is 6.07 Å². The number of alkyl halides is 3. The van der Waals surface area contributed by atoms with Gasteiger partial charge < -0.3 is 15.8 Å². The Bertz CT molecular complexity index is 468. The first-order valence-corrected chi connectivity index (χ1v) is 5.79. The highest BCUT2D eigenvalue weighted by Gasteiger charge is 2.31. The lowest BCUT2D eigenvalue weighted by atomic mass is 10.1. The first kappa shape index (κ1) is 15.1. The number of hydrogen-bond donors (Lipinski definition) is 2. The Morgan fingerprint density at radius 1 is 1.32 bits per heavy atom. The van der Waals surface area contributed by atoms with E-state index in [0.717, 1.165) is 12.1 Å². The molecular formula is C12H16F3N3O. The van der Waals surface area contributed by atoms with E-state index in [9.17, 15) is 13.2 Å². The Kier molecular flexibility index (Phi) is 4.63. The summed E-state index contributed by atoms with van der Waals surface area (Å²) in [6.45, 7) is 4.95. The Morgan fingerprint density at radius 3 is 2.32 bits per heavy atom. The van der Waals surface area contributed by atoms with Gasteiger partial charge in [-0.25, -0.2) is 0 Å². The van der Waals surface area contributed by atoms with Crippen molar-refractivity contribution in [3.8, 4) is 0 Å². The van der Waals surface area contributed by atoms with Gasteiger partial charge in [0.2, 0.25) is 0 Å². The predicted octanol–water partition coefficient (Wildman–Crippen LogP) is 2.65. The van der Waals surface area contributed by atoms with Gasteiger partial charge in [-0.15, -0.1) is 0 Å². The van der Waals surface area contributed by atoms with E-state index in [1.54, 1.807) is 0 Å². The van der Waals surface area contributed by atoms with Crippen molar-refractivity contribution in [1.29, 1.82) is 0 Å². The van der Waals surface area contributed by atoms with Crippen LogP contribution in [0.5, 0.6) is 0 Å². The summed E-state index contributed by atoms with van der Waals surface area (Å²) in [6.07, 6.45) is -4.47. The van der Waals surface area contributed by atoms with Crippen molar-refractivity contribution < 1.29 is 18.4 Å². The molecule has 0 aliphatic rings. The van der Waals surface area contributed by atoms with E-state index in [2.05, 4.69) is 5.16 Å². The molecule has 0 heterocycles. The van der Waals surface area contributed by atoms with Crippen LogP contribution in [0.4, 0.5) is 18.9 Å². The van der Waals surface area contributed by atoms with Gasteiger partial charge in [0.05, 0.1) is 5.56 Å². The molecule has 0 spiro atoms. The van der Waals surface area contributed by atoms with Crippen molar-refractivity contribution in [3.05, 3.63) is 29.3 Å². The molecular weight excluding hydrogens is 259 g/mol. The van der Waals surface area contributed by atoms with Crippen LogP contribution in [-0.2, 0) is 6.18 Å². The average Bonchev–Trinajstić information content (AvgIpc) is 2.38. The molecule has 0 radical (unpaired) electrons. The third kappa shape index (κ3) is 3.30. The summed E-state index contributed by atoms with van der Waals surface area (Å²) in [5, 5.41) is 11.5. The minimum Gasteiger partial charge on any atom is -0.409 e. The molecule has 1 aromatic rings. The van der Waals surface area contributed by atoms with Crippen LogP contribution in [0, 0.1) is 0 Å². The maximum atomic E-state index is 12.7. The molecule has 0 unspecified atom stereocenters. The molecule has 1 aromatic carbocycles. The van der Waals surface area contributed by atoms with Gasteiger partial charge in [-0.1, -0.05) is 5.16 Å². The first-order valence-electron chi connectivity index (χ1n) is 5.79. The summed E-state index contributed by atoms with van der Waals surface area (Å²) >= 11 is 0. The highest BCUT2D eigenvalue weighted by molar-refractivity contribution is 6.02. The molecule has 0 saturated carbocycles. The minimum absolute atomic E-state index is 0.0704. The van der Waals surface area contributed by atoms with Crippen molar-refractivity contribution >= 4 is 11.5 Å². The topological polar surface area (TPSA) is 61.8 Å². The quantitative estimate of drug-likeness (QED) is 0.384. The number of benzene rings is 1. The van der Waals surface area contributed by atoms with E-state index < -0.39 is 11.7 Å². The maximum Gasteiger partial charge on any atom is 0.416 e. The second-order valence-electron chi connectivity index (χ2n) is 3.89. The highest BCUT2D eigenvalue weighted by Crippen LogP contribution is 2.32. The second kappa shape index (κ2) is 5.81. The number of halogens is 3. The molecule has 0 aliphatic carbocycles. The molecule has 3 N–H and O–H groups in total. The molecule has 0 bridgehead atoms. The zero-order chi connectivity index (χ0) is 14.6. The van der Waals surface area contributed by atoms with Gasteiger partial charge in [0.25, 0.3) is 0 Å². The minimum atomic E-state index is -4.47. The van der Waals surface area contributed by atoms with E-state index in [1.807, 2.05) is 18.7 Å². The summed E-state index contributed by atoms with van der Waals surface area (Å²) in [7, 11) is 0. The lowest BCUT2D eigenvalue weighted by Gasteiger charge is -2.24. The van der Waals surface area contributed by atoms with Crippen LogP contribution < -0.4 is 10.6 Å². The Balaban J connectivity index is 3.41. The Labute approximate surface area is 109 Å². The molecule has 106 valence electrons. The standard InChI is InChI=1S/C12H16F3N3O/c1-3-18(4-2)10-6-5-8(12(13,14)15)7-9(10)11(16)17-19/h5-7,19H,3-4H2,1-2H3,(H2,16,17). The van der Waals surface area contributed by atoms with Crippen molar-refractivity contribution in [3.63, 3.8) is 0 Å². The van der Waals surface area contributed by atoms with Crippen LogP contribution in [0.25, 0.3) is 0 Å². The largest absolute Gasteiger partial charge is 0.416 e. The van der Waals surface area contributed by atoms with Gasteiger partial charge >= 0.3 is 6.18 Å². The number of rotatable bonds is 4. The molecule has 19 heavy (non-hydrogen) atoms. The lowest BCUT2D eigenvalue weighted by Crippen LogP contribution is -2.26. The number of nitrogens with two attached hydrogens (primary N) is 1. The fourth-order valence-electron chi connectivity index (χ4n) is 1.81. The molecule has 0 fully saturated rings. The highest BCUT2D eigenvalue weighted by atomic mass is 19.4. The second-order valence-corrected chi connectivity index (χ2v) is 3.89. The third-order valence-electron chi connectivity index (χ3n) is 2.81. The van der Waals surface area contributed by atoms with Crippen molar-refractivity contribution in [2.24, 2.45) is 10.9 Å².